The van der Waals surface area contributed by atoms with Gasteiger partial charge in [0.1, 0.15) is 5.82 Å². The average Bonchev–Trinajstić information content (AvgIpc) is 2.98. The molecule has 0 saturated carbocycles. The van der Waals surface area contributed by atoms with Crippen molar-refractivity contribution in [3.05, 3.63) is 30.1 Å². The molecule has 0 bridgehead atoms. The number of anilines is 1. The average molecular weight is 333 g/mol. The van der Waals surface area contributed by atoms with Crippen molar-refractivity contribution < 1.29 is 14.0 Å². The highest BCUT2D eigenvalue weighted by Crippen LogP contribution is 2.27. The van der Waals surface area contributed by atoms with Crippen LogP contribution < -0.4 is 10.2 Å². The van der Waals surface area contributed by atoms with Crippen LogP contribution in [-0.4, -0.2) is 49.4 Å². The number of carbonyl (C=O) groups is 2. The Kier molecular flexibility index (Phi) is 5.45. The summed E-state index contributed by atoms with van der Waals surface area (Å²) in [6, 6.07) is 6.18. The predicted octanol–water partition coefficient (Wildman–Crippen LogP) is 1.78. The first-order valence-corrected chi connectivity index (χ1v) is 8.70. The predicted molar refractivity (Wildman–Crippen MR) is 90.2 cm³/mol. The Bertz CT molecular complexity index is 602. The van der Waals surface area contributed by atoms with E-state index >= 15 is 0 Å². The summed E-state index contributed by atoms with van der Waals surface area (Å²) in [5, 5.41) is 2.93. The number of rotatable bonds is 5. The van der Waals surface area contributed by atoms with E-state index in [1.165, 1.54) is 30.2 Å². The van der Waals surface area contributed by atoms with Gasteiger partial charge >= 0.3 is 0 Å². The summed E-state index contributed by atoms with van der Waals surface area (Å²) in [6.07, 6.45) is 3.88. The molecule has 2 fully saturated rings. The Morgan fingerprint density at radius 2 is 1.96 bits per heavy atom. The van der Waals surface area contributed by atoms with Crippen LogP contribution in [0.1, 0.15) is 25.7 Å². The van der Waals surface area contributed by atoms with Gasteiger partial charge in [0.15, 0.2) is 0 Å². The first-order chi connectivity index (χ1) is 11.6. The first kappa shape index (κ1) is 16.9. The van der Waals surface area contributed by atoms with Crippen LogP contribution in [-0.2, 0) is 9.59 Å². The van der Waals surface area contributed by atoms with Crippen LogP contribution in [0.4, 0.5) is 10.1 Å². The molecular weight excluding hydrogens is 309 g/mol. The Hall–Kier alpha value is -1.95. The molecule has 2 amide bonds. The second-order valence-corrected chi connectivity index (χ2v) is 6.55. The second kappa shape index (κ2) is 7.75. The number of benzene rings is 1. The highest BCUT2D eigenvalue weighted by atomic mass is 19.1. The number of piperidine rings is 1. The summed E-state index contributed by atoms with van der Waals surface area (Å²) in [7, 11) is 0. The third-order valence-electron chi connectivity index (χ3n) is 4.82. The lowest BCUT2D eigenvalue weighted by atomic mass is 10.1. The SMILES string of the molecule is O=C(NCCN1CCCCC1)[C@H]1CC(=O)N(c2ccccc2F)C1. The van der Waals surface area contributed by atoms with Gasteiger partial charge in [-0.1, -0.05) is 18.6 Å². The first-order valence-electron chi connectivity index (χ1n) is 8.70. The Labute approximate surface area is 141 Å². The topological polar surface area (TPSA) is 52.7 Å². The minimum atomic E-state index is -0.433. The molecule has 0 spiro atoms. The molecule has 2 heterocycles. The zero-order chi connectivity index (χ0) is 16.9. The molecule has 1 aromatic carbocycles. The van der Waals surface area contributed by atoms with Gasteiger partial charge in [-0.05, 0) is 38.1 Å². The standard InChI is InChI=1S/C18H24FN3O2/c19-15-6-2-3-7-16(15)22-13-14(12-17(22)23)18(24)20-8-11-21-9-4-1-5-10-21/h2-3,6-7,14H,1,4-5,8-13H2,(H,20,24)/t14-/m0/s1. The third-order valence-corrected chi connectivity index (χ3v) is 4.82. The molecule has 3 rings (SSSR count). The van der Waals surface area contributed by atoms with Gasteiger partial charge in [0.2, 0.25) is 11.8 Å². The van der Waals surface area contributed by atoms with Crippen molar-refractivity contribution >= 4 is 17.5 Å². The second-order valence-electron chi connectivity index (χ2n) is 6.55. The summed E-state index contributed by atoms with van der Waals surface area (Å²) in [6.45, 7) is 3.89. The maximum atomic E-state index is 13.9. The van der Waals surface area contributed by atoms with Crippen molar-refractivity contribution in [3.63, 3.8) is 0 Å². The fraction of sp³-hybridized carbons (Fsp3) is 0.556. The number of halogens is 1. The van der Waals surface area contributed by atoms with Gasteiger partial charge in [0.25, 0.3) is 0 Å². The van der Waals surface area contributed by atoms with Gasteiger partial charge < -0.3 is 15.1 Å². The zero-order valence-electron chi connectivity index (χ0n) is 13.8. The smallest absolute Gasteiger partial charge is 0.227 e. The third kappa shape index (κ3) is 3.93. The van der Waals surface area contributed by atoms with E-state index in [2.05, 4.69) is 10.2 Å². The van der Waals surface area contributed by atoms with E-state index in [1.807, 2.05) is 0 Å². The number of amides is 2. The van der Waals surface area contributed by atoms with Gasteiger partial charge in [0.05, 0.1) is 11.6 Å². The number of carbonyl (C=O) groups excluding carboxylic acids is 2. The number of likely N-dealkylation sites (tertiary alicyclic amines) is 1. The Morgan fingerprint density at radius 1 is 1.21 bits per heavy atom. The molecule has 0 aliphatic carbocycles. The van der Waals surface area contributed by atoms with Gasteiger partial charge in [-0.25, -0.2) is 4.39 Å². The molecule has 6 heteroatoms. The summed E-state index contributed by atoms with van der Waals surface area (Å²) in [4.78, 5) is 28.2. The van der Waals surface area contributed by atoms with Crippen molar-refractivity contribution in [2.45, 2.75) is 25.7 Å². The van der Waals surface area contributed by atoms with E-state index < -0.39 is 11.7 Å². The van der Waals surface area contributed by atoms with Crippen LogP contribution in [0, 0.1) is 11.7 Å². The Balaban J connectivity index is 1.49. The van der Waals surface area contributed by atoms with Crippen molar-refractivity contribution in [2.24, 2.45) is 5.92 Å². The van der Waals surface area contributed by atoms with Crippen molar-refractivity contribution in [2.75, 3.05) is 37.6 Å². The molecular formula is C18H24FN3O2. The molecule has 1 aromatic rings. The van der Waals surface area contributed by atoms with Crippen LogP contribution in [0.5, 0.6) is 0 Å². The highest BCUT2D eigenvalue weighted by molar-refractivity contribution is 6.00. The maximum Gasteiger partial charge on any atom is 0.227 e. The van der Waals surface area contributed by atoms with Crippen LogP contribution in [0.3, 0.4) is 0 Å². The van der Waals surface area contributed by atoms with Crippen LogP contribution in [0.2, 0.25) is 0 Å². The lowest BCUT2D eigenvalue weighted by Crippen LogP contribution is -2.40. The lowest BCUT2D eigenvalue weighted by molar-refractivity contribution is -0.126. The lowest BCUT2D eigenvalue weighted by Gasteiger charge is -2.26. The molecule has 5 nitrogen and oxygen atoms in total. The fourth-order valence-electron chi connectivity index (χ4n) is 3.45. The molecule has 2 aliphatic rings. The largest absolute Gasteiger partial charge is 0.355 e. The molecule has 1 N–H and O–H groups in total. The molecule has 0 unspecified atom stereocenters. The van der Waals surface area contributed by atoms with Crippen LogP contribution >= 0.6 is 0 Å². The van der Waals surface area contributed by atoms with Crippen molar-refractivity contribution in [1.82, 2.24) is 10.2 Å². The minimum absolute atomic E-state index is 0.112. The van der Waals surface area contributed by atoms with E-state index in [9.17, 15) is 14.0 Å². The van der Waals surface area contributed by atoms with Gasteiger partial charge in [-0.2, -0.15) is 0 Å². The van der Waals surface area contributed by atoms with Gasteiger partial charge in [-0.15, -0.1) is 0 Å². The van der Waals surface area contributed by atoms with Crippen molar-refractivity contribution in [1.29, 1.82) is 0 Å². The number of hydrogen-bond donors (Lipinski definition) is 1. The highest BCUT2D eigenvalue weighted by Gasteiger charge is 2.35. The Morgan fingerprint density at radius 3 is 2.71 bits per heavy atom. The quantitative estimate of drug-likeness (QED) is 0.894. The molecule has 2 aliphatic heterocycles. The number of hydrogen-bond acceptors (Lipinski definition) is 3. The number of nitrogens with one attached hydrogen (secondary N) is 1. The summed E-state index contributed by atoms with van der Waals surface area (Å²) in [5.74, 6) is -1.15. The van der Waals surface area contributed by atoms with E-state index in [4.69, 9.17) is 0 Å². The van der Waals surface area contributed by atoms with Gasteiger partial charge in [0, 0.05) is 26.1 Å². The monoisotopic (exact) mass is 333 g/mol. The van der Waals surface area contributed by atoms with Crippen LogP contribution in [0.15, 0.2) is 24.3 Å². The summed E-state index contributed by atoms with van der Waals surface area (Å²) < 4.78 is 13.9. The molecule has 130 valence electrons. The normalized spacial score (nSPS) is 22.0. The van der Waals surface area contributed by atoms with Gasteiger partial charge in [-0.3, -0.25) is 9.59 Å². The maximum absolute atomic E-state index is 13.9. The number of nitrogens with zero attached hydrogens (tertiary/aromatic N) is 2. The molecule has 0 aromatic heterocycles. The van der Waals surface area contributed by atoms with Crippen molar-refractivity contribution in [3.8, 4) is 0 Å². The molecule has 2 saturated heterocycles. The van der Waals surface area contributed by atoms with Crippen LogP contribution in [0.25, 0.3) is 0 Å². The summed E-state index contributed by atoms with van der Waals surface area (Å²) >= 11 is 0. The summed E-state index contributed by atoms with van der Waals surface area (Å²) in [5.41, 5.74) is 0.256. The van der Waals surface area contributed by atoms with E-state index in [-0.39, 0.29) is 30.5 Å². The number of para-hydroxylation sites is 1. The molecule has 1 atom stereocenters. The van der Waals surface area contributed by atoms with E-state index in [0.717, 1.165) is 19.6 Å². The fourth-order valence-corrected chi connectivity index (χ4v) is 3.45. The zero-order valence-corrected chi connectivity index (χ0v) is 13.8. The van der Waals surface area contributed by atoms with E-state index in [0.29, 0.717) is 6.54 Å². The minimum Gasteiger partial charge on any atom is -0.355 e. The van der Waals surface area contributed by atoms with E-state index in [1.54, 1.807) is 18.2 Å². The molecule has 0 radical (unpaired) electrons. The molecule has 24 heavy (non-hydrogen) atoms.